The van der Waals surface area contributed by atoms with Gasteiger partial charge in [0.2, 0.25) is 5.91 Å². The number of amides is 1. The van der Waals surface area contributed by atoms with Gasteiger partial charge in [0.05, 0.1) is 25.9 Å². The van der Waals surface area contributed by atoms with Crippen molar-refractivity contribution in [2.45, 2.75) is 12.8 Å². The molecule has 0 N–H and O–H groups in total. The molecule has 0 saturated carbocycles. The summed E-state index contributed by atoms with van der Waals surface area (Å²) in [7, 11) is 1.34. The maximum atomic E-state index is 11.5. The van der Waals surface area contributed by atoms with Crippen molar-refractivity contribution >= 4 is 11.9 Å². The Kier molecular flexibility index (Phi) is 4.82. The maximum Gasteiger partial charge on any atom is 0.310 e. The highest BCUT2D eigenvalue weighted by Crippen LogP contribution is 2.18. The fourth-order valence-corrected chi connectivity index (χ4v) is 1.73. The molecule has 5 heteroatoms. The third-order valence-electron chi connectivity index (χ3n) is 2.56. The minimum Gasteiger partial charge on any atom is -0.502 e. The molecular formula is C11H17NO4. The van der Waals surface area contributed by atoms with E-state index >= 15 is 0 Å². The molecule has 0 bridgehead atoms. The maximum absolute atomic E-state index is 11.5. The number of nitrogens with zero attached hydrogens (tertiary/aromatic N) is 1. The second-order valence-corrected chi connectivity index (χ2v) is 3.65. The molecule has 1 saturated heterocycles. The lowest BCUT2D eigenvalue weighted by molar-refractivity contribution is -0.145. The van der Waals surface area contributed by atoms with E-state index in [0.29, 0.717) is 19.7 Å². The summed E-state index contributed by atoms with van der Waals surface area (Å²) < 4.78 is 9.58. The second kappa shape index (κ2) is 6.15. The highest BCUT2D eigenvalue weighted by molar-refractivity contribution is 5.86. The Morgan fingerprint density at radius 2 is 2.44 bits per heavy atom. The number of carbonyl (C=O) groups is 2. The van der Waals surface area contributed by atoms with E-state index in [1.54, 1.807) is 4.90 Å². The monoisotopic (exact) mass is 227 g/mol. The minimum absolute atomic E-state index is 0.00834. The van der Waals surface area contributed by atoms with Crippen molar-refractivity contribution in [3.05, 3.63) is 12.8 Å². The van der Waals surface area contributed by atoms with Crippen LogP contribution in [0.2, 0.25) is 0 Å². The van der Waals surface area contributed by atoms with Crippen molar-refractivity contribution in [1.82, 2.24) is 4.90 Å². The molecule has 0 aromatic rings. The molecule has 16 heavy (non-hydrogen) atoms. The molecular weight excluding hydrogens is 210 g/mol. The summed E-state index contributed by atoms with van der Waals surface area (Å²) in [4.78, 5) is 24.4. The average molecular weight is 227 g/mol. The van der Waals surface area contributed by atoms with Crippen molar-refractivity contribution < 1.29 is 19.1 Å². The summed E-state index contributed by atoms with van der Waals surface area (Å²) in [6, 6.07) is 0. The Bertz CT molecular complexity index is 277. The Balaban J connectivity index is 2.31. The Morgan fingerprint density at radius 1 is 1.69 bits per heavy atom. The number of esters is 1. The predicted octanol–water partition coefficient (Wildman–Crippen LogP) is 0.558. The number of ether oxygens (including phenoxy) is 2. The summed E-state index contributed by atoms with van der Waals surface area (Å²) in [6.07, 6.45) is 2.38. The molecule has 1 aliphatic heterocycles. The number of likely N-dealkylation sites (tertiary alicyclic amines) is 1. The first-order valence-corrected chi connectivity index (χ1v) is 5.27. The van der Waals surface area contributed by atoms with Gasteiger partial charge in [-0.15, -0.1) is 0 Å². The van der Waals surface area contributed by atoms with Crippen molar-refractivity contribution in [3.63, 3.8) is 0 Å². The van der Waals surface area contributed by atoms with Gasteiger partial charge >= 0.3 is 5.97 Å². The van der Waals surface area contributed by atoms with Crippen LogP contribution < -0.4 is 0 Å². The number of hydrogen-bond acceptors (Lipinski definition) is 4. The summed E-state index contributed by atoms with van der Waals surface area (Å²) in [5, 5.41) is 0. The van der Waals surface area contributed by atoms with Gasteiger partial charge in [0.15, 0.2) is 0 Å². The normalized spacial score (nSPS) is 19.7. The van der Waals surface area contributed by atoms with Crippen molar-refractivity contribution in [3.8, 4) is 0 Å². The number of rotatable bonds is 6. The van der Waals surface area contributed by atoms with E-state index in [1.807, 2.05) is 0 Å². The van der Waals surface area contributed by atoms with Crippen molar-refractivity contribution in [2.75, 3.05) is 26.8 Å². The van der Waals surface area contributed by atoms with Crippen LogP contribution in [0.3, 0.4) is 0 Å². The molecule has 0 aromatic heterocycles. The van der Waals surface area contributed by atoms with Crippen LogP contribution in [0.1, 0.15) is 12.8 Å². The largest absolute Gasteiger partial charge is 0.502 e. The zero-order valence-electron chi connectivity index (χ0n) is 9.48. The highest BCUT2D eigenvalue weighted by Gasteiger charge is 2.34. The molecule has 0 aromatic carbocycles. The fourth-order valence-electron chi connectivity index (χ4n) is 1.73. The van der Waals surface area contributed by atoms with Gasteiger partial charge in [-0.1, -0.05) is 6.58 Å². The summed E-state index contributed by atoms with van der Waals surface area (Å²) >= 11 is 0. The standard InChI is InChI=1S/C11H17NO4/c1-3-16-6-4-5-12-8-9(7-10(12)13)11(14)15-2/h3,9H,1,4-8H2,2H3. The van der Waals surface area contributed by atoms with Gasteiger partial charge in [0.25, 0.3) is 0 Å². The molecule has 0 radical (unpaired) electrons. The molecule has 1 atom stereocenters. The van der Waals surface area contributed by atoms with Crippen LogP contribution in [0.5, 0.6) is 0 Å². The second-order valence-electron chi connectivity index (χ2n) is 3.65. The van der Waals surface area contributed by atoms with E-state index in [0.717, 1.165) is 6.42 Å². The van der Waals surface area contributed by atoms with Crippen LogP contribution in [-0.2, 0) is 19.1 Å². The van der Waals surface area contributed by atoms with Crippen LogP contribution in [-0.4, -0.2) is 43.6 Å². The topological polar surface area (TPSA) is 55.8 Å². The van der Waals surface area contributed by atoms with Crippen LogP contribution in [0.4, 0.5) is 0 Å². The zero-order valence-corrected chi connectivity index (χ0v) is 9.48. The van der Waals surface area contributed by atoms with Crippen LogP contribution in [0, 0.1) is 5.92 Å². The first-order chi connectivity index (χ1) is 7.69. The predicted molar refractivity (Wildman–Crippen MR) is 57.5 cm³/mol. The van der Waals surface area contributed by atoms with Gasteiger partial charge in [0, 0.05) is 19.5 Å². The number of methoxy groups -OCH3 is 1. The summed E-state index contributed by atoms with van der Waals surface area (Å²) in [5.41, 5.74) is 0. The SMILES string of the molecule is C=COCCCN1CC(C(=O)OC)CC1=O. The summed E-state index contributed by atoms with van der Waals surface area (Å²) in [6.45, 7) is 5.03. The van der Waals surface area contributed by atoms with Gasteiger partial charge in [-0.2, -0.15) is 0 Å². The average Bonchev–Trinajstić information content (AvgIpc) is 2.65. The highest BCUT2D eigenvalue weighted by atomic mass is 16.5. The van der Waals surface area contributed by atoms with E-state index in [-0.39, 0.29) is 24.2 Å². The van der Waals surface area contributed by atoms with Crippen molar-refractivity contribution in [1.29, 1.82) is 0 Å². The lowest BCUT2D eigenvalue weighted by Crippen LogP contribution is -2.28. The molecule has 1 amide bonds. The first-order valence-electron chi connectivity index (χ1n) is 5.27. The van der Waals surface area contributed by atoms with E-state index in [9.17, 15) is 9.59 Å². The van der Waals surface area contributed by atoms with E-state index in [4.69, 9.17) is 4.74 Å². The van der Waals surface area contributed by atoms with Gasteiger partial charge in [0.1, 0.15) is 0 Å². The van der Waals surface area contributed by atoms with Gasteiger partial charge in [-0.3, -0.25) is 9.59 Å². The minimum atomic E-state index is -0.308. The smallest absolute Gasteiger partial charge is 0.310 e. The number of hydrogen-bond donors (Lipinski definition) is 0. The Labute approximate surface area is 95.0 Å². The van der Waals surface area contributed by atoms with Crippen LogP contribution in [0.25, 0.3) is 0 Å². The molecule has 1 unspecified atom stereocenters. The van der Waals surface area contributed by atoms with E-state index < -0.39 is 0 Å². The molecule has 1 heterocycles. The first kappa shape index (κ1) is 12.5. The molecule has 90 valence electrons. The van der Waals surface area contributed by atoms with E-state index in [1.165, 1.54) is 13.4 Å². The van der Waals surface area contributed by atoms with Crippen LogP contribution in [0.15, 0.2) is 12.8 Å². The molecule has 0 aliphatic carbocycles. The number of carbonyl (C=O) groups excluding carboxylic acids is 2. The van der Waals surface area contributed by atoms with Gasteiger partial charge in [-0.05, 0) is 6.42 Å². The van der Waals surface area contributed by atoms with Gasteiger partial charge < -0.3 is 14.4 Å². The summed E-state index contributed by atoms with van der Waals surface area (Å²) in [5.74, 6) is -0.606. The lowest BCUT2D eigenvalue weighted by atomic mass is 10.1. The van der Waals surface area contributed by atoms with Crippen LogP contribution >= 0.6 is 0 Å². The molecule has 5 nitrogen and oxygen atoms in total. The molecule has 1 fully saturated rings. The third kappa shape index (κ3) is 3.25. The molecule has 0 spiro atoms. The lowest BCUT2D eigenvalue weighted by Gasteiger charge is -2.15. The molecule has 1 rings (SSSR count). The zero-order chi connectivity index (χ0) is 12.0. The van der Waals surface area contributed by atoms with Crippen molar-refractivity contribution in [2.24, 2.45) is 5.92 Å². The van der Waals surface area contributed by atoms with E-state index in [2.05, 4.69) is 11.3 Å². The molecule has 1 aliphatic rings. The quantitative estimate of drug-likeness (QED) is 0.378. The Morgan fingerprint density at radius 3 is 3.06 bits per heavy atom. The fraction of sp³-hybridized carbons (Fsp3) is 0.636. The Hall–Kier alpha value is -1.52. The third-order valence-corrected chi connectivity index (χ3v) is 2.56. The van der Waals surface area contributed by atoms with Gasteiger partial charge in [-0.25, -0.2) is 0 Å².